The molecule has 9 nitrogen and oxygen atoms in total. The van der Waals surface area contributed by atoms with Crippen molar-refractivity contribution >= 4 is 28.5 Å². The van der Waals surface area contributed by atoms with Gasteiger partial charge in [0.1, 0.15) is 6.54 Å². The molecule has 2 heterocycles. The number of hydrogen-bond acceptors (Lipinski definition) is 6. The summed E-state index contributed by atoms with van der Waals surface area (Å²) in [7, 11) is 0. The molecule has 0 bridgehead atoms. The Hall–Kier alpha value is -3.10. The van der Waals surface area contributed by atoms with Crippen LogP contribution in [0.5, 0.6) is 0 Å². The maximum absolute atomic E-state index is 11.8. The Morgan fingerprint density at radius 3 is 3.10 bits per heavy atom. The van der Waals surface area contributed by atoms with E-state index in [1.807, 2.05) is 0 Å². The lowest BCUT2D eigenvalue weighted by molar-refractivity contribution is -0.117. The van der Waals surface area contributed by atoms with E-state index >= 15 is 0 Å². The number of fused-ring (bicyclic) bond motifs is 1. The quantitative estimate of drug-likeness (QED) is 0.612. The lowest BCUT2D eigenvalue weighted by Gasteiger charge is -2.04. The maximum atomic E-state index is 11.8. The standard InChI is InChI=1S/C11H10N6O3/c12-9-4-13-17(16-9)5-10(18)14-6-1-2-8-7(3-6)15-11(19)20-8/h1-4H,5H2,(H2,12,16)(H,14,18)(H,15,19). The van der Waals surface area contributed by atoms with Crippen LogP contribution >= 0.6 is 0 Å². The van der Waals surface area contributed by atoms with Crippen LogP contribution in [0.1, 0.15) is 0 Å². The van der Waals surface area contributed by atoms with Crippen molar-refractivity contribution in [3.63, 3.8) is 0 Å². The Labute approximate surface area is 111 Å². The Bertz CT molecular complexity index is 830. The van der Waals surface area contributed by atoms with Gasteiger partial charge in [0.2, 0.25) is 5.91 Å². The third-order valence-corrected chi connectivity index (χ3v) is 2.54. The van der Waals surface area contributed by atoms with Crippen molar-refractivity contribution in [1.82, 2.24) is 20.0 Å². The molecule has 3 rings (SSSR count). The molecule has 0 fully saturated rings. The van der Waals surface area contributed by atoms with Crippen LogP contribution in [-0.2, 0) is 11.3 Å². The van der Waals surface area contributed by atoms with Crippen molar-refractivity contribution in [2.75, 3.05) is 11.1 Å². The summed E-state index contributed by atoms with van der Waals surface area (Å²) in [4.78, 5) is 26.5. The molecule has 0 saturated carbocycles. The summed E-state index contributed by atoms with van der Waals surface area (Å²) in [6, 6.07) is 4.82. The fraction of sp³-hybridized carbons (Fsp3) is 0.0909. The van der Waals surface area contributed by atoms with E-state index in [0.29, 0.717) is 16.8 Å². The number of anilines is 2. The molecule has 0 spiro atoms. The van der Waals surface area contributed by atoms with Gasteiger partial charge >= 0.3 is 5.76 Å². The highest BCUT2D eigenvalue weighted by Gasteiger charge is 2.07. The van der Waals surface area contributed by atoms with E-state index in [4.69, 9.17) is 10.2 Å². The van der Waals surface area contributed by atoms with Crippen LogP contribution in [0.4, 0.5) is 11.5 Å². The van der Waals surface area contributed by atoms with Gasteiger partial charge in [-0.3, -0.25) is 9.78 Å². The van der Waals surface area contributed by atoms with Gasteiger partial charge in [-0.05, 0) is 18.2 Å². The van der Waals surface area contributed by atoms with Crippen LogP contribution in [0, 0.1) is 0 Å². The molecule has 2 aromatic heterocycles. The number of hydrogen-bond donors (Lipinski definition) is 3. The van der Waals surface area contributed by atoms with Gasteiger partial charge in [0.25, 0.3) is 0 Å². The second kappa shape index (κ2) is 4.53. The predicted molar refractivity (Wildman–Crippen MR) is 69.9 cm³/mol. The summed E-state index contributed by atoms with van der Waals surface area (Å²) in [6.07, 6.45) is 1.36. The normalized spacial score (nSPS) is 10.8. The topological polar surface area (TPSA) is 132 Å². The van der Waals surface area contributed by atoms with Crippen LogP contribution in [0.15, 0.2) is 33.6 Å². The fourth-order valence-corrected chi connectivity index (χ4v) is 1.75. The van der Waals surface area contributed by atoms with Crippen LogP contribution in [0.25, 0.3) is 11.1 Å². The maximum Gasteiger partial charge on any atom is 0.417 e. The third kappa shape index (κ3) is 2.36. The number of oxazole rings is 1. The van der Waals surface area contributed by atoms with E-state index in [0.717, 1.165) is 0 Å². The van der Waals surface area contributed by atoms with Crippen LogP contribution in [-0.4, -0.2) is 25.9 Å². The number of nitrogens with one attached hydrogen (secondary N) is 2. The van der Waals surface area contributed by atoms with E-state index < -0.39 is 5.76 Å². The highest BCUT2D eigenvalue weighted by Crippen LogP contribution is 2.16. The minimum Gasteiger partial charge on any atom is -0.408 e. The molecule has 0 unspecified atom stereocenters. The lowest BCUT2D eigenvalue weighted by atomic mass is 10.3. The van der Waals surface area contributed by atoms with E-state index in [-0.39, 0.29) is 18.3 Å². The van der Waals surface area contributed by atoms with Crippen LogP contribution in [0.2, 0.25) is 0 Å². The summed E-state index contributed by atoms with van der Waals surface area (Å²) >= 11 is 0. The first kappa shape index (κ1) is 12.0. The SMILES string of the molecule is Nc1cnn(CC(=O)Nc2ccc3oc(=O)[nH]c3c2)n1. The van der Waals surface area contributed by atoms with Gasteiger partial charge in [0, 0.05) is 5.69 Å². The van der Waals surface area contributed by atoms with Gasteiger partial charge in [-0.1, -0.05) is 0 Å². The number of aromatic amines is 1. The molecule has 0 aliphatic heterocycles. The Kier molecular flexibility index (Phi) is 2.71. The molecule has 20 heavy (non-hydrogen) atoms. The van der Waals surface area contributed by atoms with Gasteiger partial charge in [-0.2, -0.15) is 9.90 Å². The molecule has 0 atom stereocenters. The average molecular weight is 274 g/mol. The highest BCUT2D eigenvalue weighted by atomic mass is 16.4. The molecule has 0 aliphatic carbocycles. The van der Waals surface area contributed by atoms with E-state index in [1.54, 1.807) is 18.2 Å². The zero-order valence-electron chi connectivity index (χ0n) is 10.2. The van der Waals surface area contributed by atoms with Crippen molar-refractivity contribution in [3.05, 3.63) is 34.9 Å². The van der Waals surface area contributed by atoms with Crippen molar-refractivity contribution in [3.8, 4) is 0 Å². The van der Waals surface area contributed by atoms with Gasteiger partial charge in [-0.25, -0.2) is 4.79 Å². The number of amides is 1. The molecule has 0 aliphatic rings. The number of rotatable bonds is 3. The van der Waals surface area contributed by atoms with Gasteiger partial charge < -0.3 is 15.5 Å². The molecule has 102 valence electrons. The van der Waals surface area contributed by atoms with Crippen LogP contribution in [0.3, 0.4) is 0 Å². The number of nitrogens with zero attached hydrogens (tertiary/aromatic N) is 3. The largest absolute Gasteiger partial charge is 0.417 e. The molecular formula is C11H10N6O3. The fourth-order valence-electron chi connectivity index (χ4n) is 1.75. The molecule has 4 N–H and O–H groups in total. The number of aromatic nitrogens is 4. The summed E-state index contributed by atoms with van der Waals surface area (Å²) < 4.78 is 4.86. The van der Waals surface area contributed by atoms with E-state index in [1.165, 1.54) is 11.0 Å². The monoisotopic (exact) mass is 274 g/mol. The second-order valence-corrected chi connectivity index (χ2v) is 4.07. The second-order valence-electron chi connectivity index (χ2n) is 4.07. The molecule has 9 heteroatoms. The van der Waals surface area contributed by atoms with E-state index in [9.17, 15) is 9.59 Å². The molecule has 1 amide bonds. The number of nitrogens with two attached hydrogens (primary N) is 1. The Morgan fingerprint density at radius 2 is 2.35 bits per heavy atom. The molecule has 1 aromatic carbocycles. The summed E-state index contributed by atoms with van der Waals surface area (Å²) in [5.41, 5.74) is 6.86. The zero-order valence-corrected chi connectivity index (χ0v) is 10.2. The molecule has 0 radical (unpaired) electrons. The lowest BCUT2D eigenvalue weighted by Crippen LogP contribution is -2.20. The van der Waals surface area contributed by atoms with Gasteiger partial charge in [0.05, 0.1) is 11.7 Å². The summed E-state index contributed by atoms with van der Waals surface area (Å²) in [5.74, 6) is -0.610. The minimum absolute atomic E-state index is 0.0584. The van der Waals surface area contributed by atoms with Crippen molar-refractivity contribution in [1.29, 1.82) is 0 Å². The van der Waals surface area contributed by atoms with Crippen LogP contribution < -0.4 is 16.8 Å². The van der Waals surface area contributed by atoms with Crippen molar-refractivity contribution in [2.24, 2.45) is 0 Å². The zero-order chi connectivity index (χ0) is 14.1. The Morgan fingerprint density at radius 1 is 1.50 bits per heavy atom. The van der Waals surface area contributed by atoms with Crippen molar-refractivity contribution < 1.29 is 9.21 Å². The summed E-state index contributed by atoms with van der Waals surface area (Å²) in [6.45, 7) is -0.0584. The predicted octanol–water partition coefficient (Wildman–Crippen LogP) is -0.0665. The highest BCUT2D eigenvalue weighted by molar-refractivity contribution is 5.92. The first-order chi connectivity index (χ1) is 9.60. The third-order valence-electron chi connectivity index (χ3n) is 2.54. The van der Waals surface area contributed by atoms with Gasteiger partial charge in [-0.15, -0.1) is 5.10 Å². The number of H-pyrrole nitrogens is 1. The molecule has 3 aromatic rings. The van der Waals surface area contributed by atoms with E-state index in [2.05, 4.69) is 20.5 Å². The molecule has 0 saturated heterocycles. The van der Waals surface area contributed by atoms with Gasteiger partial charge in [0.15, 0.2) is 11.4 Å². The number of carbonyl (C=O) groups excluding carboxylic acids is 1. The first-order valence-electron chi connectivity index (χ1n) is 5.68. The average Bonchev–Trinajstić information content (AvgIpc) is 2.93. The Balaban J connectivity index is 1.75. The smallest absolute Gasteiger partial charge is 0.408 e. The summed E-state index contributed by atoms with van der Waals surface area (Å²) in [5, 5.41) is 10.3. The van der Waals surface area contributed by atoms with Crippen molar-refractivity contribution in [2.45, 2.75) is 6.54 Å². The number of benzene rings is 1. The molecular weight excluding hydrogens is 264 g/mol. The minimum atomic E-state index is -0.542. The number of nitrogen functional groups attached to an aromatic ring is 1. The number of carbonyl (C=O) groups is 1. The first-order valence-corrected chi connectivity index (χ1v) is 5.68.